The van der Waals surface area contributed by atoms with Crippen LogP contribution in [0.3, 0.4) is 0 Å². The molecule has 0 bridgehead atoms. The maximum absolute atomic E-state index is 12.0. The second kappa shape index (κ2) is 7.47. The minimum absolute atomic E-state index is 0.360. The molecule has 1 N–H and O–H groups in total. The van der Waals surface area contributed by atoms with E-state index < -0.39 is 5.97 Å². The number of hydrogen-bond donors (Lipinski definition) is 1. The van der Waals surface area contributed by atoms with E-state index in [1.807, 2.05) is 56.3 Å². The molecule has 4 heteroatoms. The minimum atomic E-state index is -0.424. The maximum atomic E-state index is 12.0. The topological polar surface area (TPSA) is 38.3 Å². The molecule has 2 rings (SSSR count). The van der Waals surface area contributed by atoms with E-state index in [4.69, 9.17) is 4.74 Å². The van der Waals surface area contributed by atoms with Crippen molar-refractivity contribution >= 4 is 27.6 Å². The number of halogens is 1. The Hall–Kier alpha value is -2.07. The fourth-order valence-corrected chi connectivity index (χ4v) is 2.97. The molecule has 0 fully saturated rings. The molecule has 0 saturated heterocycles. The van der Waals surface area contributed by atoms with Crippen molar-refractivity contribution in [3.63, 3.8) is 0 Å². The first-order chi connectivity index (χ1) is 10.9. The number of anilines is 1. The summed E-state index contributed by atoms with van der Waals surface area (Å²) in [6.07, 6.45) is 0. The van der Waals surface area contributed by atoms with E-state index in [0.717, 1.165) is 26.9 Å². The van der Waals surface area contributed by atoms with Crippen molar-refractivity contribution in [3.8, 4) is 0 Å². The molecule has 2 aromatic rings. The number of aryl methyl sites for hydroxylation is 2. The molecule has 0 aromatic heterocycles. The third-order valence-corrected chi connectivity index (χ3v) is 4.25. The number of carbonyl (C=O) groups excluding carboxylic acids is 1. The minimum Gasteiger partial charge on any atom is -0.466 e. The standard InChI is InChI=1S/C19H20BrNO2/c1-12-6-5-7-15(10-12)18(14(3)19(22)23-4)21-17-9-8-13(2)11-16(17)20/h5-11,18,21H,3H2,1-2,4H3. The highest BCUT2D eigenvalue weighted by atomic mass is 79.9. The van der Waals surface area contributed by atoms with Crippen LogP contribution in [0.15, 0.2) is 59.1 Å². The average Bonchev–Trinajstić information content (AvgIpc) is 2.52. The molecule has 0 amide bonds. The lowest BCUT2D eigenvalue weighted by atomic mass is 9.97. The Morgan fingerprint density at radius 3 is 2.48 bits per heavy atom. The van der Waals surface area contributed by atoms with Gasteiger partial charge in [-0.1, -0.05) is 42.5 Å². The van der Waals surface area contributed by atoms with Crippen molar-refractivity contribution in [1.29, 1.82) is 0 Å². The zero-order valence-electron chi connectivity index (χ0n) is 13.5. The van der Waals surface area contributed by atoms with Crippen LogP contribution in [0.2, 0.25) is 0 Å². The van der Waals surface area contributed by atoms with Crippen molar-refractivity contribution in [2.45, 2.75) is 19.9 Å². The summed E-state index contributed by atoms with van der Waals surface area (Å²) in [5.41, 5.74) is 4.50. The van der Waals surface area contributed by atoms with Gasteiger partial charge in [0.15, 0.2) is 0 Å². The third kappa shape index (κ3) is 4.23. The summed E-state index contributed by atoms with van der Waals surface area (Å²) in [7, 11) is 1.36. The van der Waals surface area contributed by atoms with E-state index in [-0.39, 0.29) is 6.04 Å². The first kappa shape index (κ1) is 17.3. The highest BCUT2D eigenvalue weighted by Crippen LogP contribution is 2.31. The normalized spacial score (nSPS) is 11.7. The summed E-state index contributed by atoms with van der Waals surface area (Å²) >= 11 is 3.56. The summed E-state index contributed by atoms with van der Waals surface area (Å²) in [4.78, 5) is 12.0. The lowest BCUT2D eigenvalue weighted by molar-refractivity contribution is -0.136. The highest BCUT2D eigenvalue weighted by molar-refractivity contribution is 9.10. The van der Waals surface area contributed by atoms with Crippen LogP contribution in [-0.2, 0) is 9.53 Å². The zero-order valence-corrected chi connectivity index (χ0v) is 15.1. The predicted octanol–water partition coefficient (Wildman–Crippen LogP) is 4.95. The lowest BCUT2D eigenvalue weighted by Crippen LogP contribution is -2.19. The van der Waals surface area contributed by atoms with Crippen LogP contribution in [0, 0.1) is 13.8 Å². The van der Waals surface area contributed by atoms with E-state index in [2.05, 4.69) is 27.8 Å². The summed E-state index contributed by atoms with van der Waals surface area (Å²) < 4.78 is 5.78. The highest BCUT2D eigenvalue weighted by Gasteiger charge is 2.22. The van der Waals surface area contributed by atoms with Gasteiger partial charge in [-0.3, -0.25) is 0 Å². The van der Waals surface area contributed by atoms with Crippen LogP contribution < -0.4 is 5.32 Å². The molecule has 0 aliphatic carbocycles. The van der Waals surface area contributed by atoms with E-state index in [1.54, 1.807) is 0 Å². The van der Waals surface area contributed by atoms with E-state index in [0.29, 0.717) is 5.57 Å². The summed E-state index contributed by atoms with van der Waals surface area (Å²) in [5.74, 6) is -0.424. The Morgan fingerprint density at radius 1 is 1.17 bits per heavy atom. The SMILES string of the molecule is C=C(C(=O)OC)C(Nc1ccc(C)cc1Br)c1cccc(C)c1. The Balaban J connectivity index is 2.41. The largest absolute Gasteiger partial charge is 0.466 e. The molecular weight excluding hydrogens is 354 g/mol. The molecule has 0 aliphatic heterocycles. The van der Waals surface area contributed by atoms with Crippen LogP contribution in [-0.4, -0.2) is 13.1 Å². The first-order valence-electron chi connectivity index (χ1n) is 7.28. The molecule has 0 spiro atoms. The lowest BCUT2D eigenvalue weighted by Gasteiger charge is -2.22. The number of rotatable bonds is 5. The number of carbonyl (C=O) groups is 1. The number of benzene rings is 2. The molecule has 3 nitrogen and oxygen atoms in total. The van der Waals surface area contributed by atoms with Gasteiger partial charge in [-0.05, 0) is 53.0 Å². The van der Waals surface area contributed by atoms with E-state index >= 15 is 0 Å². The van der Waals surface area contributed by atoms with Crippen molar-refractivity contribution in [2.75, 3.05) is 12.4 Å². The Bertz CT molecular complexity index is 740. The van der Waals surface area contributed by atoms with Crippen molar-refractivity contribution < 1.29 is 9.53 Å². The first-order valence-corrected chi connectivity index (χ1v) is 8.08. The van der Waals surface area contributed by atoms with Crippen molar-refractivity contribution in [2.24, 2.45) is 0 Å². The van der Waals surface area contributed by atoms with Gasteiger partial charge < -0.3 is 10.1 Å². The molecular formula is C19H20BrNO2. The third-order valence-electron chi connectivity index (χ3n) is 3.60. The molecule has 23 heavy (non-hydrogen) atoms. The van der Waals surface area contributed by atoms with Crippen LogP contribution in [0.1, 0.15) is 22.7 Å². The van der Waals surface area contributed by atoms with Gasteiger partial charge in [0, 0.05) is 10.2 Å². The fourth-order valence-electron chi connectivity index (χ4n) is 2.36. The number of nitrogens with one attached hydrogen (secondary N) is 1. The molecule has 0 heterocycles. The smallest absolute Gasteiger partial charge is 0.335 e. The van der Waals surface area contributed by atoms with Gasteiger partial charge in [-0.2, -0.15) is 0 Å². The Kier molecular flexibility index (Phi) is 5.61. The van der Waals surface area contributed by atoms with Gasteiger partial charge in [0.05, 0.1) is 18.7 Å². The number of methoxy groups -OCH3 is 1. The second-order valence-electron chi connectivity index (χ2n) is 5.49. The van der Waals surface area contributed by atoms with Gasteiger partial charge in [0.2, 0.25) is 0 Å². The molecule has 2 aromatic carbocycles. The number of esters is 1. The molecule has 1 atom stereocenters. The monoisotopic (exact) mass is 373 g/mol. The molecule has 0 saturated carbocycles. The quantitative estimate of drug-likeness (QED) is 0.595. The van der Waals surface area contributed by atoms with Gasteiger partial charge in [0.25, 0.3) is 0 Å². The van der Waals surface area contributed by atoms with Crippen molar-refractivity contribution in [3.05, 3.63) is 75.8 Å². The molecule has 0 aliphatic rings. The maximum Gasteiger partial charge on any atom is 0.335 e. The fraction of sp³-hybridized carbons (Fsp3) is 0.211. The van der Waals surface area contributed by atoms with E-state index in [1.165, 1.54) is 7.11 Å². The summed E-state index contributed by atoms with van der Waals surface area (Å²) in [5, 5.41) is 3.39. The Morgan fingerprint density at radius 2 is 1.87 bits per heavy atom. The molecule has 120 valence electrons. The van der Waals surface area contributed by atoms with Crippen LogP contribution in [0.25, 0.3) is 0 Å². The van der Waals surface area contributed by atoms with Gasteiger partial charge in [-0.25, -0.2) is 4.79 Å². The average molecular weight is 374 g/mol. The number of hydrogen-bond acceptors (Lipinski definition) is 3. The summed E-state index contributed by atoms with van der Waals surface area (Å²) in [6, 6.07) is 13.7. The molecule has 1 unspecified atom stereocenters. The van der Waals surface area contributed by atoms with Gasteiger partial charge in [-0.15, -0.1) is 0 Å². The van der Waals surface area contributed by atoms with Crippen LogP contribution in [0.4, 0.5) is 5.69 Å². The van der Waals surface area contributed by atoms with E-state index in [9.17, 15) is 4.79 Å². The van der Waals surface area contributed by atoms with Gasteiger partial charge >= 0.3 is 5.97 Å². The summed E-state index contributed by atoms with van der Waals surface area (Å²) in [6.45, 7) is 7.97. The molecule has 0 radical (unpaired) electrons. The van der Waals surface area contributed by atoms with Crippen LogP contribution in [0.5, 0.6) is 0 Å². The van der Waals surface area contributed by atoms with Crippen LogP contribution >= 0.6 is 15.9 Å². The zero-order chi connectivity index (χ0) is 17.0. The van der Waals surface area contributed by atoms with Gasteiger partial charge in [0.1, 0.15) is 0 Å². The predicted molar refractivity (Wildman–Crippen MR) is 97.6 cm³/mol. The Labute approximate surface area is 145 Å². The number of ether oxygens (including phenoxy) is 1. The second-order valence-corrected chi connectivity index (χ2v) is 6.35. The van der Waals surface area contributed by atoms with Crippen molar-refractivity contribution in [1.82, 2.24) is 0 Å².